The average Bonchev–Trinajstić information content (AvgIpc) is 2.74. The lowest BCUT2D eigenvalue weighted by Crippen LogP contribution is -2.39. The van der Waals surface area contributed by atoms with Gasteiger partial charge in [0.15, 0.2) is 0 Å². The molecule has 2 heterocycles. The van der Waals surface area contributed by atoms with Gasteiger partial charge in [0.2, 0.25) is 5.91 Å². The van der Waals surface area contributed by atoms with Gasteiger partial charge in [0.25, 0.3) is 0 Å². The summed E-state index contributed by atoms with van der Waals surface area (Å²) in [7, 11) is 1.88. The van der Waals surface area contributed by atoms with E-state index in [2.05, 4.69) is 20.6 Å². The van der Waals surface area contributed by atoms with Crippen LogP contribution < -0.4 is 15.5 Å². The van der Waals surface area contributed by atoms with Gasteiger partial charge in [-0.3, -0.25) is 9.48 Å². The molecule has 1 aromatic carbocycles. The average molecular weight is 299 g/mol. The summed E-state index contributed by atoms with van der Waals surface area (Å²) in [5, 5.41) is 10.7. The highest BCUT2D eigenvalue weighted by atomic mass is 16.2. The van der Waals surface area contributed by atoms with Gasteiger partial charge in [0.05, 0.1) is 35.0 Å². The SMILES string of the molecule is Cc1nn(C)c(C)c1NC(=O)CN1CCNc2ccccc21. The van der Waals surface area contributed by atoms with Crippen LogP contribution in [0.3, 0.4) is 0 Å². The van der Waals surface area contributed by atoms with Crippen molar-refractivity contribution < 1.29 is 4.79 Å². The Kier molecular flexibility index (Phi) is 3.75. The van der Waals surface area contributed by atoms with Crippen molar-refractivity contribution in [2.75, 3.05) is 35.2 Å². The molecule has 0 fully saturated rings. The van der Waals surface area contributed by atoms with Crippen molar-refractivity contribution in [1.82, 2.24) is 9.78 Å². The Morgan fingerprint density at radius 3 is 2.86 bits per heavy atom. The number of hydrogen-bond acceptors (Lipinski definition) is 4. The number of aromatic nitrogens is 2. The molecule has 116 valence electrons. The number of anilines is 3. The molecule has 0 unspecified atom stereocenters. The Bertz CT molecular complexity index is 707. The third kappa shape index (κ3) is 2.64. The molecular formula is C16H21N5O. The summed E-state index contributed by atoms with van der Waals surface area (Å²) in [6.07, 6.45) is 0. The summed E-state index contributed by atoms with van der Waals surface area (Å²) in [6, 6.07) is 8.06. The second kappa shape index (κ2) is 5.71. The zero-order valence-corrected chi connectivity index (χ0v) is 13.2. The predicted molar refractivity (Wildman–Crippen MR) is 88.5 cm³/mol. The number of carbonyl (C=O) groups is 1. The van der Waals surface area contributed by atoms with Crippen LogP contribution in [0.25, 0.3) is 0 Å². The maximum absolute atomic E-state index is 12.4. The Hall–Kier alpha value is -2.50. The standard InChI is InChI=1S/C16H21N5O/c1-11-16(12(2)20(3)19-11)18-15(22)10-21-9-8-17-13-6-4-5-7-14(13)21/h4-7,17H,8-10H2,1-3H3,(H,18,22). The van der Waals surface area contributed by atoms with E-state index in [0.717, 1.165) is 41.5 Å². The minimum absolute atomic E-state index is 0.0177. The first-order valence-electron chi connectivity index (χ1n) is 7.44. The summed E-state index contributed by atoms with van der Waals surface area (Å²) >= 11 is 0. The lowest BCUT2D eigenvalue weighted by atomic mass is 10.2. The molecular weight excluding hydrogens is 278 g/mol. The van der Waals surface area contributed by atoms with E-state index in [0.29, 0.717) is 6.54 Å². The van der Waals surface area contributed by atoms with Crippen LogP contribution in [-0.4, -0.2) is 35.3 Å². The second-order valence-corrected chi connectivity index (χ2v) is 5.58. The number of amides is 1. The van der Waals surface area contributed by atoms with E-state index in [9.17, 15) is 4.79 Å². The summed E-state index contributed by atoms with van der Waals surface area (Å²) in [4.78, 5) is 14.5. The molecule has 0 atom stereocenters. The normalized spacial score (nSPS) is 13.5. The number of hydrogen-bond donors (Lipinski definition) is 2. The van der Waals surface area contributed by atoms with Crippen molar-refractivity contribution in [3.63, 3.8) is 0 Å². The lowest BCUT2D eigenvalue weighted by Gasteiger charge is -2.31. The highest BCUT2D eigenvalue weighted by Gasteiger charge is 2.19. The first-order valence-corrected chi connectivity index (χ1v) is 7.44. The van der Waals surface area contributed by atoms with Crippen molar-refractivity contribution >= 4 is 23.0 Å². The van der Waals surface area contributed by atoms with Gasteiger partial charge in [-0.15, -0.1) is 0 Å². The second-order valence-electron chi connectivity index (χ2n) is 5.58. The van der Waals surface area contributed by atoms with E-state index >= 15 is 0 Å². The van der Waals surface area contributed by atoms with Crippen LogP contribution in [0, 0.1) is 13.8 Å². The number of fused-ring (bicyclic) bond motifs is 1. The molecule has 0 bridgehead atoms. The fraction of sp³-hybridized carbons (Fsp3) is 0.375. The molecule has 1 aromatic heterocycles. The fourth-order valence-electron chi connectivity index (χ4n) is 2.82. The molecule has 1 aliphatic rings. The third-order valence-corrected chi connectivity index (χ3v) is 4.05. The van der Waals surface area contributed by atoms with Crippen LogP contribution >= 0.6 is 0 Å². The zero-order chi connectivity index (χ0) is 15.7. The van der Waals surface area contributed by atoms with Crippen molar-refractivity contribution in [2.45, 2.75) is 13.8 Å². The van der Waals surface area contributed by atoms with E-state index in [1.165, 1.54) is 0 Å². The van der Waals surface area contributed by atoms with Crippen LogP contribution in [0.15, 0.2) is 24.3 Å². The minimum Gasteiger partial charge on any atom is -0.382 e. The number of para-hydroxylation sites is 2. The number of carbonyl (C=O) groups excluding carboxylic acids is 1. The molecule has 6 heteroatoms. The van der Waals surface area contributed by atoms with Gasteiger partial charge in [-0.1, -0.05) is 12.1 Å². The number of rotatable bonds is 3. The molecule has 6 nitrogen and oxygen atoms in total. The minimum atomic E-state index is -0.0177. The van der Waals surface area contributed by atoms with Gasteiger partial charge < -0.3 is 15.5 Å². The van der Waals surface area contributed by atoms with E-state index in [4.69, 9.17) is 0 Å². The Morgan fingerprint density at radius 2 is 2.14 bits per heavy atom. The van der Waals surface area contributed by atoms with Crippen LogP contribution in [0.5, 0.6) is 0 Å². The van der Waals surface area contributed by atoms with Crippen molar-refractivity contribution in [3.8, 4) is 0 Å². The first-order chi connectivity index (χ1) is 10.6. The van der Waals surface area contributed by atoms with Crippen molar-refractivity contribution in [3.05, 3.63) is 35.7 Å². The molecule has 3 rings (SSSR count). The van der Waals surface area contributed by atoms with E-state index < -0.39 is 0 Å². The number of aryl methyl sites for hydroxylation is 2. The molecule has 0 aliphatic carbocycles. The summed E-state index contributed by atoms with van der Waals surface area (Å²) in [6.45, 7) is 5.86. The van der Waals surface area contributed by atoms with Crippen molar-refractivity contribution in [1.29, 1.82) is 0 Å². The van der Waals surface area contributed by atoms with Gasteiger partial charge in [0, 0.05) is 20.1 Å². The fourth-order valence-corrected chi connectivity index (χ4v) is 2.82. The highest BCUT2D eigenvalue weighted by molar-refractivity contribution is 5.95. The van der Waals surface area contributed by atoms with Gasteiger partial charge in [0.1, 0.15) is 0 Å². The van der Waals surface area contributed by atoms with Gasteiger partial charge in [-0.2, -0.15) is 5.10 Å². The summed E-state index contributed by atoms with van der Waals surface area (Å²) in [5.74, 6) is -0.0177. The topological polar surface area (TPSA) is 62.2 Å². The molecule has 0 saturated carbocycles. The van der Waals surface area contributed by atoms with Crippen LogP contribution in [0.4, 0.5) is 17.1 Å². The molecule has 0 spiro atoms. The Balaban J connectivity index is 1.73. The molecule has 0 saturated heterocycles. The van der Waals surface area contributed by atoms with E-state index in [1.54, 1.807) is 4.68 Å². The van der Waals surface area contributed by atoms with Crippen LogP contribution in [0.2, 0.25) is 0 Å². The summed E-state index contributed by atoms with van der Waals surface area (Å²) in [5.41, 5.74) is 4.77. The summed E-state index contributed by atoms with van der Waals surface area (Å²) < 4.78 is 1.78. The van der Waals surface area contributed by atoms with Gasteiger partial charge in [-0.05, 0) is 26.0 Å². The molecule has 1 aliphatic heterocycles. The largest absolute Gasteiger partial charge is 0.382 e. The Labute approximate surface area is 130 Å². The lowest BCUT2D eigenvalue weighted by molar-refractivity contribution is -0.115. The zero-order valence-electron chi connectivity index (χ0n) is 13.2. The molecule has 2 N–H and O–H groups in total. The third-order valence-electron chi connectivity index (χ3n) is 4.05. The maximum Gasteiger partial charge on any atom is 0.243 e. The number of benzene rings is 1. The Morgan fingerprint density at radius 1 is 1.36 bits per heavy atom. The highest BCUT2D eigenvalue weighted by Crippen LogP contribution is 2.28. The first kappa shape index (κ1) is 14.4. The molecule has 2 aromatic rings. The predicted octanol–water partition coefficient (Wildman–Crippen LogP) is 1.91. The molecule has 0 radical (unpaired) electrons. The van der Waals surface area contributed by atoms with E-state index in [-0.39, 0.29) is 5.91 Å². The van der Waals surface area contributed by atoms with Crippen LogP contribution in [0.1, 0.15) is 11.4 Å². The van der Waals surface area contributed by atoms with Gasteiger partial charge >= 0.3 is 0 Å². The monoisotopic (exact) mass is 299 g/mol. The number of nitrogens with one attached hydrogen (secondary N) is 2. The number of nitrogens with zero attached hydrogens (tertiary/aromatic N) is 3. The van der Waals surface area contributed by atoms with Gasteiger partial charge in [-0.25, -0.2) is 0 Å². The van der Waals surface area contributed by atoms with Crippen LogP contribution in [-0.2, 0) is 11.8 Å². The molecule has 1 amide bonds. The van der Waals surface area contributed by atoms with E-state index in [1.807, 2.05) is 45.2 Å². The van der Waals surface area contributed by atoms with Crippen molar-refractivity contribution in [2.24, 2.45) is 7.05 Å². The molecule has 22 heavy (non-hydrogen) atoms. The smallest absolute Gasteiger partial charge is 0.243 e. The maximum atomic E-state index is 12.4. The quantitative estimate of drug-likeness (QED) is 0.909.